The molecule has 9 heteroatoms. The van der Waals surface area contributed by atoms with Gasteiger partial charge in [0, 0.05) is 43.4 Å². The third-order valence-electron chi connectivity index (χ3n) is 6.34. The second-order valence-electron chi connectivity index (χ2n) is 8.89. The smallest absolute Gasteiger partial charge is 0.255 e. The number of hydrogen-bond acceptors (Lipinski definition) is 5. The number of halogens is 1. The fourth-order valence-electron chi connectivity index (χ4n) is 4.33. The lowest BCUT2D eigenvalue weighted by atomic mass is 10.1. The fourth-order valence-corrected chi connectivity index (χ4v) is 4.33. The number of fused-ring (bicyclic) bond motifs is 1. The van der Waals surface area contributed by atoms with E-state index in [9.17, 15) is 14.0 Å². The Morgan fingerprint density at radius 2 is 2.09 bits per heavy atom. The van der Waals surface area contributed by atoms with Crippen molar-refractivity contribution in [3.05, 3.63) is 41.6 Å². The highest BCUT2D eigenvalue weighted by Crippen LogP contribution is 2.36. The number of aromatic nitrogens is 3. The number of H-pyrrole nitrogens is 1. The molecule has 1 aliphatic heterocycles. The summed E-state index contributed by atoms with van der Waals surface area (Å²) in [5, 5.41) is 3.03. The van der Waals surface area contributed by atoms with Crippen LogP contribution in [0.5, 0.6) is 5.75 Å². The zero-order valence-electron chi connectivity index (χ0n) is 18.7. The van der Waals surface area contributed by atoms with E-state index in [0.717, 1.165) is 12.8 Å². The van der Waals surface area contributed by atoms with Crippen LogP contribution in [0.2, 0.25) is 0 Å². The van der Waals surface area contributed by atoms with Gasteiger partial charge in [-0.05, 0) is 44.2 Å². The van der Waals surface area contributed by atoms with E-state index in [0.29, 0.717) is 71.3 Å². The molecule has 5 rings (SSSR count). The van der Waals surface area contributed by atoms with Gasteiger partial charge in [0.25, 0.3) is 5.91 Å². The van der Waals surface area contributed by atoms with Crippen molar-refractivity contribution in [2.45, 2.75) is 39.2 Å². The number of ether oxygens (including phenoxy) is 1. The van der Waals surface area contributed by atoms with Crippen LogP contribution in [0.3, 0.4) is 0 Å². The van der Waals surface area contributed by atoms with Gasteiger partial charge in [-0.1, -0.05) is 0 Å². The van der Waals surface area contributed by atoms with Crippen LogP contribution in [0.4, 0.5) is 4.39 Å². The number of nitrogens with zero attached hydrogens (tertiary/aromatic N) is 3. The van der Waals surface area contributed by atoms with Crippen LogP contribution < -0.4 is 10.1 Å². The van der Waals surface area contributed by atoms with Crippen LogP contribution in [-0.2, 0) is 4.79 Å². The van der Waals surface area contributed by atoms with Gasteiger partial charge >= 0.3 is 0 Å². The third kappa shape index (κ3) is 4.27. The quantitative estimate of drug-likeness (QED) is 0.600. The van der Waals surface area contributed by atoms with Crippen molar-refractivity contribution < 1.29 is 18.7 Å². The molecule has 1 saturated carbocycles. The summed E-state index contributed by atoms with van der Waals surface area (Å²) in [5.74, 6) is 0.322. The minimum Gasteiger partial charge on any atom is -0.492 e. The fraction of sp³-hybridized carbons (Fsp3) is 0.417. The molecular formula is C24H26FN5O3. The Bertz CT molecular complexity index is 1240. The minimum absolute atomic E-state index is 0.00594. The van der Waals surface area contributed by atoms with Crippen molar-refractivity contribution in [1.82, 2.24) is 25.2 Å². The molecule has 1 atom stereocenters. The lowest BCUT2D eigenvalue weighted by Gasteiger charge is -2.15. The maximum atomic E-state index is 14.0. The Morgan fingerprint density at radius 3 is 2.82 bits per heavy atom. The van der Waals surface area contributed by atoms with Gasteiger partial charge in [-0.2, -0.15) is 0 Å². The van der Waals surface area contributed by atoms with Crippen LogP contribution in [0.1, 0.15) is 42.2 Å². The van der Waals surface area contributed by atoms with E-state index in [1.807, 2.05) is 6.92 Å². The normalized spacial score (nSPS) is 18.0. The zero-order valence-corrected chi connectivity index (χ0v) is 18.7. The molecule has 2 aromatic heterocycles. The number of nitrogens with one attached hydrogen (secondary N) is 2. The van der Waals surface area contributed by atoms with Crippen LogP contribution in [0, 0.1) is 18.7 Å². The van der Waals surface area contributed by atoms with E-state index >= 15 is 0 Å². The standard InChI is InChI=1S/C24H26FN5O3/c1-13-20(24(32)29-17-7-8-30(10-17)14(2)31)22-23(28-13)21(26-12-27-22)18-6-5-16(25)9-19(18)33-11-15-3-4-15/h5-6,9,12,15,17,28H,3-4,7-8,10-11H2,1-2H3,(H,29,32)/t17-/m1/s1. The molecule has 2 fully saturated rings. The van der Waals surface area contributed by atoms with Crippen LogP contribution in [0.15, 0.2) is 24.5 Å². The second kappa shape index (κ2) is 8.46. The molecule has 8 nitrogen and oxygen atoms in total. The molecule has 0 bridgehead atoms. The van der Waals surface area contributed by atoms with E-state index in [1.54, 1.807) is 11.0 Å². The first-order valence-electron chi connectivity index (χ1n) is 11.2. The summed E-state index contributed by atoms with van der Waals surface area (Å²) in [6.45, 7) is 5.02. The van der Waals surface area contributed by atoms with E-state index < -0.39 is 0 Å². The molecule has 3 aromatic rings. The molecule has 172 valence electrons. The van der Waals surface area contributed by atoms with E-state index in [1.165, 1.54) is 25.4 Å². The maximum absolute atomic E-state index is 14.0. The highest BCUT2D eigenvalue weighted by molar-refractivity contribution is 6.09. The van der Waals surface area contributed by atoms with Crippen molar-refractivity contribution in [2.24, 2.45) is 5.92 Å². The van der Waals surface area contributed by atoms with Gasteiger partial charge in [0.15, 0.2) is 0 Å². The molecule has 0 spiro atoms. The predicted molar refractivity (Wildman–Crippen MR) is 120 cm³/mol. The number of rotatable bonds is 6. The molecule has 1 aromatic carbocycles. The number of aromatic amines is 1. The molecule has 0 unspecified atom stereocenters. The van der Waals surface area contributed by atoms with Crippen LogP contribution in [-0.4, -0.2) is 57.4 Å². The van der Waals surface area contributed by atoms with Gasteiger partial charge in [0.1, 0.15) is 29.1 Å². The summed E-state index contributed by atoms with van der Waals surface area (Å²) < 4.78 is 19.9. The van der Waals surface area contributed by atoms with Crippen molar-refractivity contribution in [1.29, 1.82) is 0 Å². The summed E-state index contributed by atoms with van der Waals surface area (Å²) in [5.41, 5.74) is 3.39. The van der Waals surface area contributed by atoms with Gasteiger partial charge in [-0.25, -0.2) is 14.4 Å². The largest absolute Gasteiger partial charge is 0.492 e. The highest BCUT2D eigenvalue weighted by Gasteiger charge is 2.28. The Labute approximate surface area is 190 Å². The highest BCUT2D eigenvalue weighted by atomic mass is 19.1. The predicted octanol–water partition coefficient (Wildman–Crippen LogP) is 3.21. The van der Waals surface area contributed by atoms with Gasteiger partial charge in [-0.3, -0.25) is 9.59 Å². The molecule has 33 heavy (non-hydrogen) atoms. The monoisotopic (exact) mass is 451 g/mol. The Hall–Kier alpha value is -3.49. The van der Waals surface area contributed by atoms with Gasteiger partial charge in [0.05, 0.1) is 17.7 Å². The summed E-state index contributed by atoms with van der Waals surface area (Å²) in [6, 6.07) is 4.28. The first-order chi connectivity index (χ1) is 15.9. The Balaban J connectivity index is 1.47. The molecular weight excluding hydrogens is 425 g/mol. The maximum Gasteiger partial charge on any atom is 0.255 e. The van der Waals surface area contributed by atoms with Gasteiger partial charge in [-0.15, -0.1) is 0 Å². The van der Waals surface area contributed by atoms with Crippen molar-refractivity contribution in [3.8, 4) is 17.0 Å². The SMILES string of the molecule is CC(=O)N1CC[C@@H](NC(=O)c2c(C)[nH]c3c(-c4ccc(F)cc4OCC4CC4)ncnc23)C1. The van der Waals surface area contributed by atoms with Gasteiger partial charge in [0.2, 0.25) is 5.91 Å². The summed E-state index contributed by atoms with van der Waals surface area (Å²) in [6.07, 6.45) is 4.37. The summed E-state index contributed by atoms with van der Waals surface area (Å²) in [7, 11) is 0. The van der Waals surface area contributed by atoms with E-state index in [-0.39, 0.29) is 23.7 Å². The molecule has 1 aliphatic carbocycles. The number of carbonyl (C=O) groups is 2. The van der Waals surface area contributed by atoms with Crippen LogP contribution in [0.25, 0.3) is 22.3 Å². The lowest BCUT2D eigenvalue weighted by Crippen LogP contribution is -2.38. The van der Waals surface area contributed by atoms with E-state index in [2.05, 4.69) is 20.3 Å². The van der Waals surface area contributed by atoms with Crippen molar-refractivity contribution >= 4 is 22.8 Å². The van der Waals surface area contributed by atoms with E-state index in [4.69, 9.17) is 4.74 Å². The Morgan fingerprint density at radius 1 is 1.27 bits per heavy atom. The minimum atomic E-state index is -0.381. The number of benzene rings is 1. The summed E-state index contributed by atoms with van der Waals surface area (Å²) in [4.78, 5) is 38.5. The average Bonchev–Trinajstić information content (AvgIpc) is 3.38. The number of hydrogen-bond donors (Lipinski definition) is 2. The first kappa shape index (κ1) is 21.4. The van der Waals surface area contributed by atoms with Crippen molar-refractivity contribution in [2.75, 3.05) is 19.7 Å². The third-order valence-corrected chi connectivity index (χ3v) is 6.34. The molecule has 0 radical (unpaired) electrons. The lowest BCUT2D eigenvalue weighted by molar-refractivity contribution is -0.127. The molecule has 1 saturated heterocycles. The number of likely N-dealkylation sites (tertiary alicyclic amines) is 1. The summed E-state index contributed by atoms with van der Waals surface area (Å²) >= 11 is 0. The molecule has 2 N–H and O–H groups in total. The van der Waals surface area contributed by atoms with Crippen LogP contribution >= 0.6 is 0 Å². The number of carbonyl (C=O) groups excluding carboxylic acids is 2. The number of amides is 2. The topological polar surface area (TPSA) is 100 Å². The average molecular weight is 452 g/mol. The molecule has 2 amide bonds. The molecule has 2 aliphatic rings. The Kier molecular flexibility index (Phi) is 5.47. The van der Waals surface area contributed by atoms with Gasteiger partial charge < -0.3 is 19.9 Å². The second-order valence-corrected chi connectivity index (χ2v) is 8.89. The first-order valence-corrected chi connectivity index (χ1v) is 11.2. The zero-order chi connectivity index (χ0) is 23.1. The molecule has 3 heterocycles. The van der Waals surface area contributed by atoms with Crippen molar-refractivity contribution in [3.63, 3.8) is 0 Å². The number of aryl methyl sites for hydroxylation is 1.